The number of methoxy groups -OCH3 is 1. The number of hydrogen-bond donors (Lipinski definition) is 1. The Balaban J connectivity index is 1.75. The van der Waals surface area contributed by atoms with Crippen LogP contribution in [0.5, 0.6) is 5.75 Å². The van der Waals surface area contributed by atoms with Gasteiger partial charge in [-0.2, -0.15) is 4.68 Å². The molecule has 3 aromatic rings. The number of tetrazole rings is 1. The summed E-state index contributed by atoms with van der Waals surface area (Å²) in [6, 6.07) is 14.5. The molecule has 0 aliphatic heterocycles. The molecule has 1 aliphatic carbocycles. The Kier molecular flexibility index (Phi) is 5.03. The molecule has 0 atom stereocenters. The molecule has 0 amide bonds. The molecule has 1 aromatic heterocycles. The molecule has 0 spiro atoms. The van der Waals surface area contributed by atoms with Crippen LogP contribution in [0.25, 0.3) is 5.69 Å². The van der Waals surface area contributed by atoms with E-state index in [-0.39, 0.29) is 5.54 Å². The van der Waals surface area contributed by atoms with Crippen molar-refractivity contribution in [3.8, 4) is 11.4 Å². The van der Waals surface area contributed by atoms with Gasteiger partial charge in [0.25, 0.3) is 0 Å². The van der Waals surface area contributed by atoms with Crippen LogP contribution in [0.1, 0.15) is 49.1 Å². The van der Waals surface area contributed by atoms with Crippen LogP contribution in [0.15, 0.2) is 42.5 Å². The lowest BCUT2D eigenvalue weighted by molar-refractivity contribution is 0.309. The Morgan fingerprint density at radius 1 is 1.00 bits per heavy atom. The summed E-state index contributed by atoms with van der Waals surface area (Å²) in [7, 11) is 1.68. The number of hydrogen-bond acceptors (Lipinski definition) is 5. The average Bonchev–Trinajstić information content (AvgIpc) is 3.20. The minimum atomic E-state index is -0.284. The van der Waals surface area contributed by atoms with Gasteiger partial charge in [0.1, 0.15) is 5.75 Å². The van der Waals surface area contributed by atoms with E-state index in [4.69, 9.17) is 4.74 Å². The highest BCUT2D eigenvalue weighted by molar-refractivity contribution is 5.50. The Morgan fingerprint density at radius 3 is 2.43 bits per heavy atom. The number of nitrogens with zero attached hydrogens (tertiary/aromatic N) is 4. The molecule has 4 rings (SSSR count). The van der Waals surface area contributed by atoms with E-state index < -0.39 is 0 Å². The van der Waals surface area contributed by atoms with Crippen LogP contribution in [0.4, 0.5) is 5.69 Å². The number of ether oxygens (including phenoxy) is 1. The van der Waals surface area contributed by atoms with Crippen LogP contribution in [0, 0.1) is 13.8 Å². The van der Waals surface area contributed by atoms with Gasteiger partial charge in [-0.15, -0.1) is 5.10 Å². The van der Waals surface area contributed by atoms with E-state index in [0.717, 1.165) is 48.6 Å². The van der Waals surface area contributed by atoms with Gasteiger partial charge >= 0.3 is 0 Å². The number of benzene rings is 2. The highest BCUT2D eigenvalue weighted by Crippen LogP contribution is 2.40. The maximum Gasteiger partial charge on any atom is 0.181 e. The summed E-state index contributed by atoms with van der Waals surface area (Å²) in [4.78, 5) is 0. The molecule has 1 heterocycles. The zero-order valence-corrected chi connectivity index (χ0v) is 16.8. The Bertz CT molecular complexity index is 942. The van der Waals surface area contributed by atoms with Gasteiger partial charge in [-0.3, -0.25) is 0 Å². The third kappa shape index (κ3) is 3.46. The summed E-state index contributed by atoms with van der Waals surface area (Å²) in [5.41, 5.74) is 4.21. The van der Waals surface area contributed by atoms with Crippen molar-refractivity contribution in [1.82, 2.24) is 20.2 Å². The van der Waals surface area contributed by atoms with Crippen molar-refractivity contribution in [2.75, 3.05) is 12.4 Å². The SMILES string of the molecule is COc1ccc(NC2(c3nnnn3-c3ccc(C)cc3C)CCCCC2)cc1. The summed E-state index contributed by atoms with van der Waals surface area (Å²) >= 11 is 0. The smallest absolute Gasteiger partial charge is 0.181 e. The van der Waals surface area contributed by atoms with E-state index in [1.54, 1.807) is 7.11 Å². The Labute approximate surface area is 165 Å². The average molecular weight is 377 g/mol. The molecule has 6 heteroatoms. The monoisotopic (exact) mass is 377 g/mol. The molecule has 0 radical (unpaired) electrons. The lowest BCUT2D eigenvalue weighted by Crippen LogP contribution is -2.40. The van der Waals surface area contributed by atoms with E-state index in [1.807, 2.05) is 16.8 Å². The molecular weight excluding hydrogens is 350 g/mol. The van der Waals surface area contributed by atoms with Crippen LogP contribution in [-0.2, 0) is 5.54 Å². The number of rotatable bonds is 5. The fourth-order valence-corrected chi connectivity index (χ4v) is 4.20. The van der Waals surface area contributed by atoms with Crippen molar-refractivity contribution in [2.24, 2.45) is 0 Å². The second-order valence-electron chi connectivity index (χ2n) is 7.70. The molecule has 1 aliphatic rings. The third-order valence-electron chi connectivity index (χ3n) is 5.66. The molecule has 0 bridgehead atoms. The number of aryl methyl sites for hydroxylation is 2. The summed E-state index contributed by atoms with van der Waals surface area (Å²) in [5.74, 6) is 1.73. The molecule has 0 saturated heterocycles. The van der Waals surface area contributed by atoms with Crippen LogP contribution in [-0.4, -0.2) is 27.3 Å². The molecule has 146 valence electrons. The molecule has 1 fully saturated rings. The first kappa shape index (κ1) is 18.5. The fourth-order valence-electron chi connectivity index (χ4n) is 4.20. The van der Waals surface area contributed by atoms with Gasteiger partial charge in [-0.05, 0) is 73.0 Å². The second kappa shape index (κ2) is 7.62. The van der Waals surface area contributed by atoms with Crippen LogP contribution >= 0.6 is 0 Å². The topological polar surface area (TPSA) is 64.9 Å². The molecule has 28 heavy (non-hydrogen) atoms. The summed E-state index contributed by atoms with van der Waals surface area (Å²) in [5, 5.41) is 16.7. The lowest BCUT2D eigenvalue weighted by atomic mass is 9.80. The van der Waals surface area contributed by atoms with Crippen molar-refractivity contribution < 1.29 is 4.74 Å². The van der Waals surface area contributed by atoms with E-state index in [9.17, 15) is 0 Å². The summed E-state index contributed by atoms with van der Waals surface area (Å²) in [6.07, 6.45) is 5.57. The van der Waals surface area contributed by atoms with E-state index in [2.05, 4.69) is 65.0 Å². The zero-order chi connectivity index (χ0) is 19.6. The maximum absolute atomic E-state index is 5.29. The van der Waals surface area contributed by atoms with E-state index in [0.29, 0.717) is 0 Å². The van der Waals surface area contributed by atoms with Crippen molar-refractivity contribution in [3.05, 3.63) is 59.4 Å². The van der Waals surface area contributed by atoms with Crippen LogP contribution in [0.3, 0.4) is 0 Å². The standard InChI is InChI=1S/C22H27N5O/c1-16-7-12-20(17(2)15-16)27-21(24-25-26-27)22(13-5-4-6-14-22)23-18-8-10-19(28-3)11-9-18/h7-12,15,23H,4-6,13-14H2,1-3H3. The van der Waals surface area contributed by atoms with Gasteiger partial charge in [0.15, 0.2) is 5.82 Å². The first-order valence-corrected chi connectivity index (χ1v) is 9.90. The highest BCUT2D eigenvalue weighted by Gasteiger charge is 2.39. The molecule has 6 nitrogen and oxygen atoms in total. The van der Waals surface area contributed by atoms with Gasteiger partial charge in [0.2, 0.25) is 0 Å². The molecular formula is C22H27N5O. The first-order chi connectivity index (χ1) is 13.6. The highest BCUT2D eigenvalue weighted by atomic mass is 16.5. The van der Waals surface area contributed by atoms with Crippen LogP contribution in [0.2, 0.25) is 0 Å². The van der Waals surface area contributed by atoms with Gasteiger partial charge in [-0.25, -0.2) is 0 Å². The minimum absolute atomic E-state index is 0.284. The van der Waals surface area contributed by atoms with Crippen molar-refractivity contribution in [1.29, 1.82) is 0 Å². The molecule has 0 unspecified atom stereocenters. The predicted molar refractivity (Wildman–Crippen MR) is 110 cm³/mol. The number of aromatic nitrogens is 4. The first-order valence-electron chi connectivity index (χ1n) is 9.90. The second-order valence-corrected chi connectivity index (χ2v) is 7.70. The minimum Gasteiger partial charge on any atom is -0.497 e. The van der Waals surface area contributed by atoms with Gasteiger partial charge in [0, 0.05) is 5.69 Å². The zero-order valence-electron chi connectivity index (χ0n) is 16.8. The number of nitrogens with one attached hydrogen (secondary N) is 1. The van der Waals surface area contributed by atoms with Crippen LogP contribution < -0.4 is 10.1 Å². The predicted octanol–water partition coefficient (Wildman–Crippen LogP) is 4.56. The normalized spacial score (nSPS) is 16.0. The Hall–Kier alpha value is -2.89. The summed E-state index contributed by atoms with van der Waals surface area (Å²) < 4.78 is 7.21. The quantitative estimate of drug-likeness (QED) is 0.706. The maximum atomic E-state index is 5.29. The molecule has 1 saturated carbocycles. The lowest BCUT2D eigenvalue weighted by Gasteiger charge is -2.37. The van der Waals surface area contributed by atoms with Crippen molar-refractivity contribution in [2.45, 2.75) is 51.5 Å². The van der Waals surface area contributed by atoms with Gasteiger partial charge in [-0.1, -0.05) is 37.0 Å². The molecule has 1 N–H and O–H groups in total. The fraction of sp³-hybridized carbons (Fsp3) is 0.409. The number of anilines is 1. The Morgan fingerprint density at radius 2 is 1.75 bits per heavy atom. The van der Waals surface area contributed by atoms with Gasteiger partial charge in [0.05, 0.1) is 18.3 Å². The van der Waals surface area contributed by atoms with Crippen molar-refractivity contribution >= 4 is 5.69 Å². The van der Waals surface area contributed by atoms with Crippen molar-refractivity contribution in [3.63, 3.8) is 0 Å². The third-order valence-corrected chi connectivity index (χ3v) is 5.66. The summed E-state index contributed by atoms with van der Waals surface area (Å²) in [6.45, 7) is 4.21. The van der Waals surface area contributed by atoms with Gasteiger partial charge < -0.3 is 10.1 Å². The van der Waals surface area contributed by atoms with E-state index >= 15 is 0 Å². The molecule has 2 aromatic carbocycles. The van der Waals surface area contributed by atoms with E-state index in [1.165, 1.54) is 17.5 Å². The largest absolute Gasteiger partial charge is 0.497 e.